The van der Waals surface area contributed by atoms with Gasteiger partial charge >= 0.3 is 0 Å². The van der Waals surface area contributed by atoms with E-state index >= 15 is 0 Å². The summed E-state index contributed by atoms with van der Waals surface area (Å²) >= 11 is 5.69. The highest BCUT2D eigenvalue weighted by atomic mass is 35.5. The summed E-state index contributed by atoms with van der Waals surface area (Å²) in [7, 11) is 2.01. The van der Waals surface area contributed by atoms with Gasteiger partial charge in [0, 0.05) is 36.3 Å². The second-order valence-electron chi connectivity index (χ2n) is 3.96. The lowest BCUT2D eigenvalue weighted by atomic mass is 10.1. The molecule has 0 radical (unpaired) electrons. The number of likely N-dealkylation sites (N-methyl/N-ethyl adjacent to an activating group) is 1. The van der Waals surface area contributed by atoms with Crippen molar-refractivity contribution in [3.05, 3.63) is 34.6 Å². The molecule has 90 valence electrons. The number of nitrogens with zero attached hydrogens (tertiary/aromatic N) is 1. The maximum absolute atomic E-state index is 13.5. The van der Waals surface area contributed by atoms with Crippen LogP contribution in [0.25, 0.3) is 0 Å². The molecule has 1 aliphatic heterocycles. The van der Waals surface area contributed by atoms with Crippen molar-refractivity contribution in [3.8, 4) is 0 Å². The van der Waals surface area contributed by atoms with Gasteiger partial charge in [0.1, 0.15) is 5.82 Å². The highest BCUT2D eigenvalue weighted by Crippen LogP contribution is 2.17. The van der Waals surface area contributed by atoms with E-state index < -0.39 is 0 Å². The van der Waals surface area contributed by atoms with Crippen molar-refractivity contribution < 1.29 is 4.39 Å². The van der Waals surface area contributed by atoms with Crippen LogP contribution in [0.2, 0.25) is 5.02 Å². The lowest BCUT2D eigenvalue weighted by Crippen LogP contribution is -2.55. The maximum Gasteiger partial charge on any atom is 0.129 e. The van der Waals surface area contributed by atoms with E-state index in [2.05, 4.69) is 10.2 Å². The molecule has 0 amide bonds. The van der Waals surface area contributed by atoms with Crippen molar-refractivity contribution in [2.24, 2.45) is 0 Å². The number of hydrogen-bond acceptors (Lipinski definition) is 2. The lowest BCUT2D eigenvalue weighted by Gasteiger charge is -2.35. The first-order valence-electron chi connectivity index (χ1n) is 5.01. The summed E-state index contributed by atoms with van der Waals surface area (Å²) in [6.07, 6.45) is 0. The third-order valence-corrected chi connectivity index (χ3v) is 3.05. The van der Waals surface area contributed by atoms with E-state index in [1.165, 1.54) is 6.07 Å². The summed E-state index contributed by atoms with van der Waals surface area (Å²) in [5.41, 5.74) is 0.703. The molecule has 0 unspecified atom stereocenters. The number of rotatable bonds is 3. The van der Waals surface area contributed by atoms with Gasteiger partial charge in [-0.3, -0.25) is 4.90 Å². The highest BCUT2D eigenvalue weighted by Gasteiger charge is 2.21. The highest BCUT2D eigenvalue weighted by molar-refractivity contribution is 6.30. The number of nitrogens with one attached hydrogen (secondary N) is 1. The van der Waals surface area contributed by atoms with Gasteiger partial charge in [-0.15, -0.1) is 12.4 Å². The van der Waals surface area contributed by atoms with Crippen LogP contribution >= 0.6 is 24.0 Å². The Morgan fingerprint density at radius 2 is 2.19 bits per heavy atom. The first-order valence-corrected chi connectivity index (χ1v) is 5.39. The topological polar surface area (TPSA) is 15.3 Å². The smallest absolute Gasteiger partial charge is 0.129 e. The van der Waals surface area contributed by atoms with Gasteiger partial charge in [-0.05, 0) is 19.2 Å². The second-order valence-corrected chi connectivity index (χ2v) is 4.40. The Hall–Kier alpha value is -0.350. The van der Waals surface area contributed by atoms with Gasteiger partial charge in [-0.2, -0.15) is 0 Å². The summed E-state index contributed by atoms with van der Waals surface area (Å²) in [6, 6.07) is 5.37. The summed E-state index contributed by atoms with van der Waals surface area (Å²) < 4.78 is 13.5. The fraction of sp³-hybridized carbons (Fsp3) is 0.455. The summed E-state index contributed by atoms with van der Waals surface area (Å²) in [6.45, 7) is 2.62. The van der Waals surface area contributed by atoms with Crippen LogP contribution < -0.4 is 5.32 Å². The monoisotopic (exact) mass is 264 g/mol. The summed E-state index contributed by atoms with van der Waals surface area (Å²) in [5.74, 6) is -0.221. The molecule has 0 bridgehead atoms. The molecule has 0 aromatic heterocycles. The van der Waals surface area contributed by atoms with Crippen molar-refractivity contribution >= 4 is 24.0 Å². The second kappa shape index (κ2) is 5.82. The SMILES string of the molecule is CN(Cc1ccc(Cl)cc1F)C1CNC1.Cl. The van der Waals surface area contributed by atoms with Crippen LogP contribution in [0, 0.1) is 5.82 Å². The predicted molar refractivity (Wildman–Crippen MR) is 66.8 cm³/mol. The molecule has 0 saturated carbocycles. The maximum atomic E-state index is 13.5. The van der Waals surface area contributed by atoms with Crippen molar-refractivity contribution in [3.63, 3.8) is 0 Å². The molecule has 1 heterocycles. The van der Waals surface area contributed by atoms with Crippen molar-refractivity contribution in [2.45, 2.75) is 12.6 Å². The van der Waals surface area contributed by atoms with Gasteiger partial charge in [0.2, 0.25) is 0 Å². The van der Waals surface area contributed by atoms with Gasteiger partial charge in [0.25, 0.3) is 0 Å². The van der Waals surface area contributed by atoms with Crippen LogP contribution in [0.5, 0.6) is 0 Å². The molecule has 0 spiro atoms. The third-order valence-electron chi connectivity index (χ3n) is 2.82. The number of halogens is 3. The standard InChI is InChI=1S/C11H14ClFN2.ClH/c1-15(10-5-14-6-10)7-8-2-3-9(12)4-11(8)13;/h2-4,10,14H,5-7H2,1H3;1H. The molecule has 0 aliphatic carbocycles. The largest absolute Gasteiger partial charge is 0.314 e. The molecule has 2 nitrogen and oxygen atoms in total. The van der Waals surface area contributed by atoms with E-state index in [0.717, 1.165) is 13.1 Å². The fourth-order valence-corrected chi connectivity index (χ4v) is 1.79. The molecular weight excluding hydrogens is 250 g/mol. The molecular formula is C11H15Cl2FN2. The molecule has 1 saturated heterocycles. The van der Waals surface area contributed by atoms with Crippen molar-refractivity contribution in [1.29, 1.82) is 0 Å². The van der Waals surface area contributed by atoms with Crippen LogP contribution in [-0.4, -0.2) is 31.1 Å². The first-order chi connectivity index (χ1) is 7.16. The molecule has 1 N–H and O–H groups in total. The minimum atomic E-state index is -0.221. The lowest BCUT2D eigenvalue weighted by molar-refractivity contribution is 0.171. The van der Waals surface area contributed by atoms with Crippen LogP contribution in [-0.2, 0) is 6.54 Å². The zero-order valence-corrected chi connectivity index (χ0v) is 10.6. The molecule has 2 rings (SSSR count). The van der Waals surface area contributed by atoms with E-state index in [4.69, 9.17) is 11.6 Å². The van der Waals surface area contributed by atoms with Gasteiger partial charge < -0.3 is 5.32 Å². The molecule has 1 aromatic rings. The van der Waals surface area contributed by atoms with Gasteiger partial charge in [-0.1, -0.05) is 17.7 Å². The quantitative estimate of drug-likeness (QED) is 0.902. The van der Waals surface area contributed by atoms with Crippen LogP contribution in [0.4, 0.5) is 4.39 Å². The summed E-state index contributed by atoms with van der Waals surface area (Å²) in [4.78, 5) is 2.16. The fourth-order valence-electron chi connectivity index (χ4n) is 1.63. The molecule has 1 aromatic carbocycles. The van der Waals surface area contributed by atoms with E-state index in [1.54, 1.807) is 12.1 Å². The molecule has 5 heteroatoms. The zero-order chi connectivity index (χ0) is 10.8. The minimum absolute atomic E-state index is 0. The Morgan fingerprint density at radius 1 is 1.50 bits per heavy atom. The van der Waals surface area contributed by atoms with Crippen LogP contribution in [0.1, 0.15) is 5.56 Å². The van der Waals surface area contributed by atoms with E-state index in [9.17, 15) is 4.39 Å². The summed E-state index contributed by atoms with van der Waals surface area (Å²) in [5, 5.41) is 3.64. The van der Waals surface area contributed by atoms with Crippen LogP contribution in [0.15, 0.2) is 18.2 Å². The Labute approximate surface area is 106 Å². The molecule has 16 heavy (non-hydrogen) atoms. The Kier molecular flexibility index (Phi) is 4.99. The van der Waals surface area contributed by atoms with Crippen molar-refractivity contribution in [1.82, 2.24) is 10.2 Å². The van der Waals surface area contributed by atoms with Gasteiger partial charge in [0.05, 0.1) is 0 Å². The normalized spacial score (nSPS) is 15.8. The van der Waals surface area contributed by atoms with E-state index in [0.29, 0.717) is 23.2 Å². The number of benzene rings is 1. The zero-order valence-electron chi connectivity index (χ0n) is 9.04. The van der Waals surface area contributed by atoms with E-state index in [1.807, 2.05) is 7.05 Å². The first kappa shape index (κ1) is 13.7. The average molecular weight is 265 g/mol. The Bertz CT molecular complexity index is 356. The number of hydrogen-bond donors (Lipinski definition) is 1. The third kappa shape index (κ3) is 3.08. The molecule has 0 atom stereocenters. The van der Waals surface area contributed by atoms with Gasteiger partial charge in [-0.25, -0.2) is 4.39 Å². The van der Waals surface area contributed by atoms with Crippen molar-refractivity contribution in [2.75, 3.05) is 20.1 Å². The van der Waals surface area contributed by atoms with Gasteiger partial charge in [0.15, 0.2) is 0 Å². The van der Waals surface area contributed by atoms with E-state index in [-0.39, 0.29) is 18.2 Å². The average Bonchev–Trinajstić information content (AvgIpc) is 2.07. The van der Waals surface area contributed by atoms with Crippen LogP contribution in [0.3, 0.4) is 0 Å². The predicted octanol–water partition coefficient (Wildman–Crippen LogP) is 2.30. The Balaban J connectivity index is 0.00000128. The minimum Gasteiger partial charge on any atom is -0.314 e. The molecule has 1 fully saturated rings. The Morgan fingerprint density at radius 3 is 2.69 bits per heavy atom. The molecule has 1 aliphatic rings.